The number of pyridine rings is 1. The number of nitrogens with zero attached hydrogens (tertiary/aromatic N) is 2. The zero-order valence-electron chi connectivity index (χ0n) is 12.3. The Morgan fingerprint density at radius 1 is 1.18 bits per heavy atom. The molecule has 2 fully saturated rings. The van der Waals surface area contributed by atoms with Crippen molar-refractivity contribution >= 4 is 20.9 Å². The van der Waals surface area contributed by atoms with Crippen molar-refractivity contribution < 1.29 is 8.42 Å². The molecule has 0 aliphatic carbocycles. The molecule has 2 aliphatic rings. The van der Waals surface area contributed by atoms with Gasteiger partial charge in [0.2, 0.25) is 10.0 Å². The summed E-state index contributed by atoms with van der Waals surface area (Å²) in [6, 6.07) is 9.42. The Kier molecular flexibility index (Phi) is 3.40. The van der Waals surface area contributed by atoms with Crippen molar-refractivity contribution in [3.8, 4) is 0 Å². The zero-order chi connectivity index (χ0) is 15.2. The van der Waals surface area contributed by atoms with E-state index in [1.165, 1.54) is 0 Å². The van der Waals surface area contributed by atoms with Gasteiger partial charge in [-0.05, 0) is 49.6 Å². The van der Waals surface area contributed by atoms with Crippen LogP contribution in [0.1, 0.15) is 12.8 Å². The predicted octanol–water partition coefficient (Wildman–Crippen LogP) is 1.61. The molecule has 0 spiro atoms. The molecule has 3 heterocycles. The molecule has 1 aromatic carbocycles. The quantitative estimate of drug-likeness (QED) is 0.914. The minimum Gasteiger partial charge on any atom is -0.314 e. The van der Waals surface area contributed by atoms with Crippen LogP contribution in [0.2, 0.25) is 0 Å². The van der Waals surface area contributed by atoms with E-state index in [1.54, 1.807) is 28.7 Å². The van der Waals surface area contributed by atoms with E-state index in [2.05, 4.69) is 10.3 Å². The minimum atomic E-state index is -3.46. The van der Waals surface area contributed by atoms with Crippen molar-refractivity contribution in [2.24, 2.45) is 5.92 Å². The van der Waals surface area contributed by atoms with E-state index in [1.807, 2.05) is 12.1 Å². The fraction of sp³-hybridized carbons (Fsp3) is 0.438. The van der Waals surface area contributed by atoms with Gasteiger partial charge in [0.1, 0.15) is 0 Å². The summed E-state index contributed by atoms with van der Waals surface area (Å²) in [5.74, 6) is 0.441. The Labute approximate surface area is 130 Å². The van der Waals surface area contributed by atoms with Gasteiger partial charge in [0.25, 0.3) is 0 Å². The molecule has 4 rings (SSSR count). The van der Waals surface area contributed by atoms with Gasteiger partial charge < -0.3 is 5.32 Å². The maximum atomic E-state index is 13.1. The van der Waals surface area contributed by atoms with E-state index in [4.69, 9.17) is 0 Å². The third-order valence-corrected chi connectivity index (χ3v) is 6.77. The summed E-state index contributed by atoms with van der Waals surface area (Å²) < 4.78 is 27.8. The normalized spacial score (nSPS) is 26.2. The molecular formula is C16H19N3O2S. The number of fused-ring (bicyclic) bond motifs is 2. The maximum absolute atomic E-state index is 13.1. The SMILES string of the molecule is O=S(=O)(c1cccc2ncccc12)N1CCC2NCCC2C1. The van der Waals surface area contributed by atoms with E-state index in [9.17, 15) is 8.42 Å². The topological polar surface area (TPSA) is 62.3 Å². The van der Waals surface area contributed by atoms with Crippen LogP contribution in [0, 0.1) is 5.92 Å². The van der Waals surface area contributed by atoms with Crippen LogP contribution in [0.5, 0.6) is 0 Å². The van der Waals surface area contributed by atoms with Crippen molar-refractivity contribution in [2.45, 2.75) is 23.8 Å². The van der Waals surface area contributed by atoms with Crippen LogP contribution in [0.4, 0.5) is 0 Å². The zero-order valence-corrected chi connectivity index (χ0v) is 13.1. The predicted molar refractivity (Wildman–Crippen MR) is 85.0 cm³/mol. The van der Waals surface area contributed by atoms with Gasteiger partial charge in [-0.2, -0.15) is 4.31 Å². The van der Waals surface area contributed by atoms with E-state index >= 15 is 0 Å². The molecule has 2 aromatic rings. The summed E-state index contributed by atoms with van der Waals surface area (Å²) in [4.78, 5) is 4.64. The number of piperidine rings is 1. The van der Waals surface area contributed by atoms with Crippen LogP contribution in [0.25, 0.3) is 10.9 Å². The average Bonchev–Trinajstić information content (AvgIpc) is 3.02. The molecule has 116 valence electrons. The molecule has 2 saturated heterocycles. The lowest BCUT2D eigenvalue weighted by Crippen LogP contribution is -2.46. The molecule has 2 unspecified atom stereocenters. The highest BCUT2D eigenvalue weighted by Crippen LogP contribution is 2.30. The highest BCUT2D eigenvalue weighted by Gasteiger charge is 2.38. The lowest BCUT2D eigenvalue weighted by Gasteiger charge is -2.34. The molecule has 2 atom stereocenters. The summed E-state index contributed by atoms with van der Waals surface area (Å²) in [6.07, 6.45) is 3.65. The molecule has 22 heavy (non-hydrogen) atoms. The smallest absolute Gasteiger partial charge is 0.243 e. The summed E-state index contributed by atoms with van der Waals surface area (Å²) in [6.45, 7) is 2.21. The van der Waals surface area contributed by atoms with Gasteiger partial charge in [0.05, 0.1) is 10.4 Å². The Balaban J connectivity index is 1.73. The van der Waals surface area contributed by atoms with Gasteiger partial charge in [-0.15, -0.1) is 0 Å². The van der Waals surface area contributed by atoms with E-state index in [-0.39, 0.29) is 0 Å². The van der Waals surface area contributed by atoms with Crippen molar-refractivity contribution in [3.05, 3.63) is 36.5 Å². The second-order valence-corrected chi connectivity index (χ2v) is 7.99. The standard InChI is InChI=1S/C16H19N3O2S/c20-22(21,19-10-7-14-12(11-19)6-9-18-14)16-5-1-4-15-13(16)3-2-8-17-15/h1-5,8,12,14,18H,6-7,9-11H2. The molecule has 0 saturated carbocycles. The summed E-state index contributed by atoms with van der Waals surface area (Å²) in [7, 11) is -3.46. The first-order valence-corrected chi connectivity index (χ1v) is 9.17. The van der Waals surface area contributed by atoms with Crippen LogP contribution < -0.4 is 5.32 Å². The number of rotatable bonds is 2. The molecule has 1 aromatic heterocycles. The average molecular weight is 317 g/mol. The third-order valence-electron chi connectivity index (χ3n) is 4.84. The van der Waals surface area contributed by atoms with Gasteiger partial charge in [0.15, 0.2) is 0 Å². The highest BCUT2D eigenvalue weighted by atomic mass is 32.2. The molecule has 0 bridgehead atoms. The Bertz CT molecular complexity index is 801. The van der Waals surface area contributed by atoms with Crippen molar-refractivity contribution in [1.82, 2.24) is 14.6 Å². The van der Waals surface area contributed by atoms with Crippen LogP contribution in [-0.4, -0.2) is 43.4 Å². The fourth-order valence-electron chi connectivity index (χ4n) is 3.67. The third kappa shape index (κ3) is 2.22. The minimum absolute atomic E-state index is 0.377. The van der Waals surface area contributed by atoms with Crippen LogP contribution >= 0.6 is 0 Å². The second-order valence-electron chi connectivity index (χ2n) is 6.09. The largest absolute Gasteiger partial charge is 0.314 e. The van der Waals surface area contributed by atoms with Gasteiger partial charge >= 0.3 is 0 Å². The first-order chi connectivity index (χ1) is 10.7. The number of aromatic nitrogens is 1. The van der Waals surface area contributed by atoms with E-state index in [0.717, 1.165) is 24.9 Å². The molecule has 0 amide bonds. The van der Waals surface area contributed by atoms with Gasteiger partial charge in [-0.3, -0.25) is 4.98 Å². The molecule has 5 nitrogen and oxygen atoms in total. The monoisotopic (exact) mass is 317 g/mol. The first kappa shape index (κ1) is 14.1. The Hall–Kier alpha value is -1.50. The number of hydrogen-bond acceptors (Lipinski definition) is 4. The lowest BCUT2D eigenvalue weighted by molar-refractivity contribution is 0.247. The summed E-state index contributed by atoms with van der Waals surface area (Å²) >= 11 is 0. The van der Waals surface area contributed by atoms with Crippen LogP contribution in [-0.2, 0) is 10.0 Å². The highest BCUT2D eigenvalue weighted by molar-refractivity contribution is 7.89. The van der Waals surface area contributed by atoms with Crippen molar-refractivity contribution in [3.63, 3.8) is 0 Å². The summed E-state index contributed by atoms with van der Waals surface area (Å²) in [5, 5.41) is 4.17. The van der Waals surface area contributed by atoms with Crippen molar-refractivity contribution in [2.75, 3.05) is 19.6 Å². The Morgan fingerprint density at radius 3 is 3.00 bits per heavy atom. The molecule has 2 aliphatic heterocycles. The number of sulfonamides is 1. The molecule has 1 N–H and O–H groups in total. The Morgan fingerprint density at radius 2 is 2.09 bits per heavy atom. The van der Waals surface area contributed by atoms with Crippen LogP contribution in [0.15, 0.2) is 41.4 Å². The number of nitrogens with one attached hydrogen (secondary N) is 1. The number of benzene rings is 1. The van der Waals surface area contributed by atoms with Gasteiger partial charge in [-0.25, -0.2) is 8.42 Å². The lowest BCUT2D eigenvalue weighted by atomic mass is 9.95. The van der Waals surface area contributed by atoms with Crippen LogP contribution in [0.3, 0.4) is 0 Å². The van der Waals surface area contributed by atoms with Gasteiger partial charge in [-0.1, -0.05) is 6.07 Å². The molecular weight excluding hydrogens is 298 g/mol. The number of hydrogen-bond donors (Lipinski definition) is 1. The van der Waals surface area contributed by atoms with Crippen molar-refractivity contribution in [1.29, 1.82) is 0 Å². The molecule has 6 heteroatoms. The first-order valence-electron chi connectivity index (χ1n) is 7.73. The van der Waals surface area contributed by atoms with E-state index in [0.29, 0.717) is 35.3 Å². The van der Waals surface area contributed by atoms with E-state index < -0.39 is 10.0 Å². The second kappa shape index (κ2) is 5.30. The molecule has 0 radical (unpaired) electrons. The van der Waals surface area contributed by atoms with Gasteiger partial charge in [0, 0.05) is 30.7 Å². The summed E-state index contributed by atoms with van der Waals surface area (Å²) in [5.41, 5.74) is 0.723. The fourth-order valence-corrected chi connectivity index (χ4v) is 5.38. The maximum Gasteiger partial charge on any atom is 0.243 e.